The van der Waals surface area contributed by atoms with Crippen molar-refractivity contribution in [3.8, 4) is 0 Å². The largest absolute Gasteiger partial charge is 0.378 e. The number of pyridine rings is 1. The minimum absolute atomic E-state index is 0.437. The van der Waals surface area contributed by atoms with E-state index in [4.69, 9.17) is 11.7 Å². The Balaban J connectivity index is 2.11. The molecule has 0 amide bonds. The topological polar surface area (TPSA) is 42.4 Å². The molecule has 0 N–H and O–H groups in total. The van der Waals surface area contributed by atoms with Crippen LogP contribution in [-0.2, 0) is 4.74 Å². The molecule has 1 aromatic heterocycles. The van der Waals surface area contributed by atoms with Crippen LogP contribution in [0.3, 0.4) is 0 Å². The normalized spacial score (nSPS) is 16.5. The zero-order chi connectivity index (χ0) is 10.7. The molecule has 1 saturated heterocycles. The van der Waals surface area contributed by atoms with Crippen LogP contribution in [0.25, 0.3) is 0 Å². The van der Waals surface area contributed by atoms with Crippen molar-refractivity contribution in [2.24, 2.45) is 0 Å². The van der Waals surface area contributed by atoms with Gasteiger partial charge >= 0.3 is 0 Å². The van der Waals surface area contributed by atoms with Gasteiger partial charge in [-0.15, -0.1) is 0 Å². The molecule has 15 heavy (non-hydrogen) atoms. The van der Waals surface area contributed by atoms with Crippen LogP contribution in [0, 0.1) is 6.92 Å². The number of carbonyl (C=O) groups excluding carboxylic acids is 1. The molecule has 0 aliphatic carbocycles. The van der Waals surface area contributed by atoms with Crippen LogP contribution in [0.5, 0.6) is 0 Å². The number of ketones is 1. The van der Waals surface area contributed by atoms with Gasteiger partial charge in [-0.1, -0.05) is 0 Å². The molecular formula is C11H12N2O2. The molecule has 1 aromatic rings. The Morgan fingerprint density at radius 1 is 1.40 bits per heavy atom. The molecule has 4 nitrogen and oxygen atoms in total. The number of hydrogen-bond donors (Lipinski definition) is 0. The van der Waals surface area contributed by atoms with E-state index in [1.165, 1.54) is 6.20 Å². The second kappa shape index (κ2) is 4.40. The number of rotatable bonds is 2. The van der Waals surface area contributed by atoms with Crippen molar-refractivity contribution in [3.63, 3.8) is 0 Å². The number of aromatic nitrogens is 1. The second-order valence-corrected chi connectivity index (χ2v) is 3.37. The van der Waals surface area contributed by atoms with Crippen LogP contribution < -0.4 is 4.90 Å². The molecule has 0 spiro atoms. The highest BCUT2D eigenvalue weighted by atomic mass is 16.5. The Hall–Kier alpha value is -1.42. The summed E-state index contributed by atoms with van der Waals surface area (Å²) in [5.74, 6) is 0.416. The maximum atomic E-state index is 10.8. The van der Waals surface area contributed by atoms with Gasteiger partial charge in [0.05, 0.1) is 13.2 Å². The van der Waals surface area contributed by atoms with Gasteiger partial charge in [0.25, 0.3) is 0 Å². The summed E-state index contributed by atoms with van der Waals surface area (Å²) in [5, 5.41) is 0. The van der Waals surface area contributed by atoms with Gasteiger partial charge in [0.1, 0.15) is 5.82 Å². The minimum Gasteiger partial charge on any atom is -0.378 e. The van der Waals surface area contributed by atoms with E-state index in [1.54, 1.807) is 6.07 Å². The quantitative estimate of drug-likeness (QED) is 0.669. The number of morpholine rings is 1. The van der Waals surface area contributed by atoms with E-state index in [2.05, 4.69) is 9.88 Å². The van der Waals surface area contributed by atoms with Gasteiger partial charge in [-0.05, 0) is 12.1 Å². The molecule has 0 saturated carbocycles. The summed E-state index contributed by atoms with van der Waals surface area (Å²) in [7, 11) is 0. The molecule has 1 fully saturated rings. The van der Waals surface area contributed by atoms with Crippen molar-refractivity contribution in [1.82, 2.24) is 4.98 Å². The number of ether oxygens (including phenoxy) is 1. The zero-order valence-corrected chi connectivity index (χ0v) is 8.35. The molecule has 0 atom stereocenters. The number of Topliss-reactive ketones (excluding diaryl/α,β-unsaturated/α-hetero) is 1. The summed E-state index contributed by atoms with van der Waals surface area (Å²) in [5.41, 5.74) is 0.437. The average molecular weight is 204 g/mol. The van der Waals surface area contributed by atoms with Crippen LogP contribution in [0.15, 0.2) is 18.3 Å². The van der Waals surface area contributed by atoms with Crippen molar-refractivity contribution in [2.45, 2.75) is 0 Å². The van der Waals surface area contributed by atoms with E-state index in [1.807, 2.05) is 6.07 Å². The standard InChI is InChI=1S/C11H12N2O2/c1-9(14)10-2-3-11(12-8-10)13-4-6-15-7-5-13/h1-3,8H,4-7H2. The highest BCUT2D eigenvalue weighted by Gasteiger charge is 2.12. The van der Waals surface area contributed by atoms with Gasteiger partial charge in [-0.25, -0.2) is 4.98 Å². The van der Waals surface area contributed by atoms with Crippen LogP contribution in [0.1, 0.15) is 10.4 Å². The van der Waals surface area contributed by atoms with Crippen LogP contribution >= 0.6 is 0 Å². The van der Waals surface area contributed by atoms with Gasteiger partial charge in [-0.3, -0.25) is 4.79 Å². The first kappa shape index (κ1) is 10.1. The molecule has 0 aromatic carbocycles. The third-order valence-electron chi connectivity index (χ3n) is 2.37. The van der Waals surface area contributed by atoms with Crippen molar-refractivity contribution in [1.29, 1.82) is 0 Å². The summed E-state index contributed by atoms with van der Waals surface area (Å²) < 4.78 is 5.24. The predicted octanol–water partition coefficient (Wildman–Crippen LogP) is 0.812. The average Bonchev–Trinajstić information content (AvgIpc) is 2.30. The molecule has 0 bridgehead atoms. The van der Waals surface area contributed by atoms with E-state index < -0.39 is 5.78 Å². The molecule has 4 heteroatoms. The molecule has 2 heterocycles. The Labute approximate surface area is 88.9 Å². The van der Waals surface area contributed by atoms with Gasteiger partial charge in [0.15, 0.2) is 5.78 Å². The molecular weight excluding hydrogens is 192 g/mol. The monoisotopic (exact) mass is 204 g/mol. The van der Waals surface area contributed by atoms with Gasteiger partial charge in [0.2, 0.25) is 0 Å². The SMILES string of the molecule is [CH]C(=O)c1ccc(N2CCOCC2)nc1. The lowest BCUT2D eigenvalue weighted by Gasteiger charge is -2.27. The van der Waals surface area contributed by atoms with Crippen LogP contribution in [-0.4, -0.2) is 37.1 Å². The van der Waals surface area contributed by atoms with E-state index >= 15 is 0 Å². The first-order valence-electron chi connectivity index (χ1n) is 4.86. The number of anilines is 1. The molecule has 78 valence electrons. The van der Waals surface area contributed by atoms with Crippen molar-refractivity contribution >= 4 is 11.6 Å². The third kappa shape index (κ3) is 2.33. The molecule has 0 unspecified atom stereocenters. The third-order valence-corrected chi connectivity index (χ3v) is 2.37. The van der Waals surface area contributed by atoms with Gasteiger partial charge in [-0.2, -0.15) is 0 Å². The maximum absolute atomic E-state index is 10.8. The summed E-state index contributed by atoms with van der Waals surface area (Å²) in [6.07, 6.45) is 1.51. The van der Waals surface area contributed by atoms with Gasteiger partial charge < -0.3 is 9.64 Å². The van der Waals surface area contributed by atoms with Crippen molar-refractivity contribution in [3.05, 3.63) is 30.8 Å². The second-order valence-electron chi connectivity index (χ2n) is 3.37. The summed E-state index contributed by atoms with van der Waals surface area (Å²) in [6.45, 7) is 8.25. The zero-order valence-electron chi connectivity index (χ0n) is 8.35. The Morgan fingerprint density at radius 3 is 2.67 bits per heavy atom. The molecule has 1 aliphatic rings. The minimum atomic E-state index is -0.448. The fourth-order valence-corrected chi connectivity index (χ4v) is 1.51. The Kier molecular flexibility index (Phi) is 2.97. The van der Waals surface area contributed by atoms with Crippen LogP contribution in [0.4, 0.5) is 5.82 Å². The maximum Gasteiger partial charge on any atom is 0.169 e. The number of nitrogens with zero attached hydrogens (tertiary/aromatic N) is 2. The van der Waals surface area contributed by atoms with E-state index in [-0.39, 0.29) is 0 Å². The lowest BCUT2D eigenvalue weighted by Crippen LogP contribution is -2.36. The Bertz CT molecular complexity index is 342. The van der Waals surface area contributed by atoms with E-state index in [0.717, 1.165) is 32.1 Å². The van der Waals surface area contributed by atoms with Gasteiger partial charge in [0, 0.05) is 31.8 Å². The smallest absolute Gasteiger partial charge is 0.169 e. The lowest BCUT2D eigenvalue weighted by molar-refractivity contribution is 0.104. The summed E-state index contributed by atoms with van der Waals surface area (Å²) in [6, 6.07) is 3.51. The summed E-state index contributed by atoms with van der Waals surface area (Å²) in [4.78, 5) is 17.1. The number of carbonyl (C=O) groups is 1. The van der Waals surface area contributed by atoms with Crippen molar-refractivity contribution < 1.29 is 9.53 Å². The van der Waals surface area contributed by atoms with Crippen LogP contribution in [0.2, 0.25) is 0 Å². The fraction of sp³-hybridized carbons (Fsp3) is 0.364. The molecule has 1 aliphatic heterocycles. The summed E-state index contributed by atoms with van der Waals surface area (Å²) >= 11 is 0. The first-order chi connectivity index (χ1) is 7.27. The highest BCUT2D eigenvalue weighted by Crippen LogP contribution is 2.12. The number of hydrogen-bond acceptors (Lipinski definition) is 4. The molecule has 2 radical (unpaired) electrons. The first-order valence-corrected chi connectivity index (χ1v) is 4.86. The molecule has 2 rings (SSSR count). The predicted molar refractivity (Wildman–Crippen MR) is 55.9 cm³/mol. The van der Waals surface area contributed by atoms with E-state index in [0.29, 0.717) is 5.56 Å². The lowest BCUT2D eigenvalue weighted by atomic mass is 10.2. The van der Waals surface area contributed by atoms with Crippen molar-refractivity contribution in [2.75, 3.05) is 31.2 Å². The highest BCUT2D eigenvalue weighted by molar-refractivity contribution is 5.99. The Morgan fingerprint density at radius 2 is 2.13 bits per heavy atom. The fourth-order valence-electron chi connectivity index (χ4n) is 1.51. The van der Waals surface area contributed by atoms with E-state index in [9.17, 15) is 4.79 Å².